The topological polar surface area (TPSA) is 90.9 Å². The van der Waals surface area contributed by atoms with Crippen molar-refractivity contribution in [3.05, 3.63) is 88.4 Å². The van der Waals surface area contributed by atoms with Gasteiger partial charge in [-0.25, -0.2) is 4.79 Å². The van der Waals surface area contributed by atoms with Crippen molar-refractivity contribution in [3.63, 3.8) is 0 Å². The second kappa shape index (κ2) is 10.7. The molecule has 7 nitrogen and oxygen atoms in total. The number of carbonyl (C=O) groups is 3. The van der Waals surface area contributed by atoms with Crippen LogP contribution in [0.15, 0.2) is 66.7 Å². The van der Waals surface area contributed by atoms with Crippen LogP contribution in [0.25, 0.3) is 0 Å². The van der Waals surface area contributed by atoms with Gasteiger partial charge in [-0.1, -0.05) is 41.9 Å². The van der Waals surface area contributed by atoms with Crippen LogP contribution in [0.5, 0.6) is 11.5 Å². The zero-order valence-electron chi connectivity index (χ0n) is 18.3. The highest BCUT2D eigenvalue weighted by Gasteiger charge is 2.28. The van der Waals surface area contributed by atoms with Gasteiger partial charge in [-0.3, -0.25) is 9.59 Å². The van der Waals surface area contributed by atoms with Gasteiger partial charge in [-0.2, -0.15) is 0 Å². The molecule has 33 heavy (non-hydrogen) atoms. The fourth-order valence-corrected chi connectivity index (χ4v) is 3.36. The van der Waals surface area contributed by atoms with E-state index in [4.69, 9.17) is 25.8 Å². The molecule has 0 heterocycles. The van der Waals surface area contributed by atoms with E-state index in [1.165, 1.54) is 33.3 Å². The van der Waals surface area contributed by atoms with Crippen molar-refractivity contribution in [2.45, 2.75) is 13.0 Å². The average molecular weight is 468 g/mol. The highest BCUT2D eigenvalue weighted by Crippen LogP contribution is 2.33. The van der Waals surface area contributed by atoms with Gasteiger partial charge in [0, 0.05) is 24.1 Å². The summed E-state index contributed by atoms with van der Waals surface area (Å²) in [5.74, 6) is -0.810. The van der Waals surface area contributed by atoms with E-state index in [0.717, 1.165) is 0 Å². The highest BCUT2D eigenvalue weighted by molar-refractivity contribution is 6.34. The van der Waals surface area contributed by atoms with E-state index >= 15 is 0 Å². The lowest BCUT2D eigenvalue weighted by Crippen LogP contribution is -2.21. The number of carbonyl (C=O) groups excluding carboxylic acids is 3. The molecule has 8 heteroatoms. The van der Waals surface area contributed by atoms with Crippen molar-refractivity contribution in [2.75, 3.05) is 19.5 Å². The molecule has 0 aliphatic carbocycles. The van der Waals surface area contributed by atoms with Gasteiger partial charge in [0.1, 0.15) is 17.1 Å². The summed E-state index contributed by atoms with van der Waals surface area (Å²) in [6, 6.07) is 17.9. The Labute approximate surface area is 196 Å². The summed E-state index contributed by atoms with van der Waals surface area (Å²) in [6.45, 7) is 1.33. The lowest BCUT2D eigenvalue weighted by Gasteiger charge is -2.19. The molecule has 3 aromatic carbocycles. The second-order valence-electron chi connectivity index (χ2n) is 7.00. The van der Waals surface area contributed by atoms with Crippen LogP contribution in [0, 0.1) is 0 Å². The van der Waals surface area contributed by atoms with E-state index in [1.54, 1.807) is 54.6 Å². The molecule has 0 aromatic heterocycles. The number of ketones is 1. The lowest BCUT2D eigenvalue weighted by atomic mass is 9.99. The highest BCUT2D eigenvalue weighted by atomic mass is 35.5. The first kappa shape index (κ1) is 23.8. The summed E-state index contributed by atoms with van der Waals surface area (Å²) in [4.78, 5) is 37.8. The van der Waals surface area contributed by atoms with E-state index in [2.05, 4.69) is 5.32 Å². The molecule has 0 fully saturated rings. The number of anilines is 1. The zero-order chi connectivity index (χ0) is 24.0. The largest absolute Gasteiger partial charge is 0.497 e. The summed E-state index contributed by atoms with van der Waals surface area (Å²) in [5.41, 5.74) is 1.15. The van der Waals surface area contributed by atoms with Crippen LogP contribution in [0.4, 0.5) is 5.69 Å². The molecule has 3 rings (SSSR count). The molecule has 170 valence electrons. The fourth-order valence-electron chi connectivity index (χ4n) is 3.15. The van der Waals surface area contributed by atoms with Gasteiger partial charge in [-0.15, -0.1) is 0 Å². The van der Waals surface area contributed by atoms with Crippen LogP contribution in [0.1, 0.15) is 39.3 Å². The smallest absolute Gasteiger partial charge is 0.343 e. The molecule has 3 aromatic rings. The molecule has 1 N–H and O–H groups in total. The molecule has 0 unspecified atom stereocenters. The number of hydrogen-bond donors (Lipinski definition) is 1. The normalized spacial score (nSPS) is 11.3. The third-order valence-electron chi connectivity index (χ3n) is 4.76. The van der Waals surface area contributed by atoms with Gasteiger partial charge in [0.2, 0.25) is 11.7 Å². The van der Waals surface area contributed by atoms with Gasteiger partial charge < -0.3 is 19.5 Å². The van der Waals surface area contributed by atoms with Crippen LogP contribution < -0.4 is 14.8 Å². The molecule has 0 aliphatic rings. The van der Waals surface area contributed by atoms with Crippen molar-refractivity contribution >= 4 is 34.9 Å². The molecule has 0 bridgehead atoms. The molecule has 0 saturated heterocycles. The summed E-state index contributed by atoms with van der Waals surface area (Å²) in [5, 5.41) is 2.68. The summed E-state index contributed by atoms with van der Waals surface area (Å²) in [7, 11) is 2.90. The van der Waals surface area contributed by atoms with E-state index in [0.29, 0.717) is 16.9 Å². The van der Waals surface area contributed by atoms with Crippen LogP contribution in [0.3, 0.4) is 0 Å². The Morgan fingerprint density at radius 3 is 2.15 bits per heavy atom. The van der Waals surface area contributed by atoms with Crippen molar-refractivity contribution in [1.29, 1.82) is 0 Å². The first-order chi connectivity index (χ1) is 15.8. The van der Waals surface area contributed by atoms with Gasteiger partial charge in [0.05, 0.1) is 24.9 Å². The number of amides is 1. The molecule has 0 spiro atoms. The first-order valence-electron chi connectivity index (χ1n) is 9.93. The van der Waals surface area contributed by atoms with Gasteiger partial charge in [0.15, 0.2) is 6.10 Å². The van der Waals surface area contributed by atoms with E-state index in [-0.39, 0.29) is 27.9 Å². The minimum atomic E-state index is -1.20. The number of nitrogens with one attached hydrogen (secondary N) is 1. The van der Waals surface area contributed by atoms with Crippen LogP contribution in [-0.2, 0) is 9.53 Å². The quantitative estimate of drug-likeness (QED) is 0.366. The van der Waals surface area contributed by atoms with Crippen molar-refractivity contribution in [1.82, 2.24) is 0 Å². The molecule has 1 amide bonds. The predicted octanol–water partition coefficient (Wildman–Crippen LogP) is 5.10. The van der Waals surface area contributed by atoms with Crippen LogP contribution in [-0.4, -0.2) is 31.9 Å². The third kappa shape index (κ3) is 5.70. The zero-order valence-corrected chi connectivity index (χ0v) is 19.0. The number of rotatable bonds is 8. The number of benzene rings is 3. The standard InChI is InChI=1S/C25H22ClNO6/c1-15(28)27-21-14-22(32-3)19(13-20(21)26)25(30)33-24(17-7-5-4-6-8-17)23(29)16-9-11-18(31-2)12-10-16/h4-14,24H,1-3H3,(H,27,28)/t24-/m1/s1. The van der Waals surface area contributed by atoms with Gasteiger partial charge in [0.25, 0.3) is 0 Å². The Kier molecular flexibility index (Phi) is 7.69. The maximum absolute atomic E-state index is 13.3. The van der Waals surface area contributed by atoms with E-state index in [9.17, 15) is 14.4 Å². The SMILES string of the molecule is COc1ccc(C(=O)[C@H](OC(=O)c2cc(Cl)c(NC(C)=O)cc2OC)c2ccccc2)cc1. The third-order valence-corrected chi connectivity index (χ3v) is 5.07. The maximum atomic E-state index is 13.3. The van der Waals surface area contributed by atoms with Crippen LogP contribution in [0.2, 0.25) is 5.02 Å². The molecular weight excluding hydrogens is 446 g/mol. The second-order valence-corrected chi connectivity index (χ2v) is 7.41. The van der Waals surface area contributed by atoms with E-state index < -0.39 is 17.9 Å². The van der Waals surface area contributed by atoms with E-state index in [1.807, 2.05) is 0 Å². The lowest BCUT2D eigenvalue weighted by molar-refractivity contribution is -0.114. The summed E-state index contributed by atoms with van der Waals surface area (Å²) >= 11 is 6.23. The summed E-state index contributed by atoms with van der Waals surface area (Å²) < 4.78 is 16.1. The number of halogens is 1. The van der Waals surface area contributed by atoms with Crippen molar-refractivity contribution in [3.8, 4) is 11.5 Å². The minimum Gasteiger partial charge on any atom is -0.497 e. The first-order valence-corrected chi connectivity index (χ1v) is 10.3. The molecule has 1 atom stereocenters. The fraction of sp³-hybridized carbons (Fsp3) is 0.160. The van der Waals surface area contributed by atoms with Crippen LogP contribution >= 0.6 is 11.6 Å². The number of methoxy groups -OCH3 is 2. The molecular formula is C25H22ClNO6. The van der Waals surface area contributed by atoms with Gasteiger partial charge in [-0.05, 0) is 30.3 Å². The number of ether oxygens (including phenoxy) is 3. The Morgan fingerprint density at radius 1 is 0.909 bits per heavy atom. The molecule has 0 radical (unpaired) electrons. The molecule has 0 aliphatic heterocycles. The number of esters is 1. The Bertz CT molecular complexity index is 1160. The average Bonchev–Trinajstić information content (AvgIpc) is 2.83. The predicted molar refractivity (Wildman–Crippen MR) is 124 cm³/mol. The van der Waals surface area contributed by atoms with Crippen molar-refractivity contribution in [2.24, 2.45) is 0 Å². The van der Waals surface area contributed by atoms with Crippen molar-refractivity contribution < 1.29 is 28.6 Å². The van der Waals surface area contributed by atoms with Gasteiger partial charge >= 0.3 is 5.97 Å². The Morgan fingerprint density at radius 2 is 1.58 bits per heavy atom. The number of Topliss-reactive ketones (excluding diaryl/α,β-unsaturated/α-hetero) is 1. The Balaban J connectivity index is 1.96. The number of hydrogen-bond acceptors (Lipinski definition) is 6. The maximum Gasteiger partial charge on any atom is 0.343 e. The monoisotopic (exact) mass is 467 g/mol. The molecule has 0 saturated carbocycles. The summed E-state index contributed by atoms with van der Waals surface area (Å²) in [6.07, 6.45) is -1.20. The minimum absolute atomic E-state index is 0.0139. The Hall–Kier alpha value is -3.84.